The number of fused-ring (bicyclic) bond motifs is 1. The second-order valence-corrected chi connectivity index (χ2v) is 14.7. The molecule has 12 nitrogen and oxygen atoms in total. The number of ketones is 1. The van der Waals surface area contributed by atoms with Gasteiger partial charge in [0.1, 0.15) is 30.3 Å². The molecule has 4 aromatic rings. The van der Waals surface area contributed by atoms with Crippen LogP contribution in [0.1, 0.15) is 101 Å². The third-order valence-corrected chi connectivity index (χ3v) is 10.6. The van der Waals surface area contributed by atoms with Crippen LogP contribution in [0.4, 0.5) is 5.69 Å². The average molecular weight is 714 g/mol. The fourth-order valence-electron chi connectivity index (χ4n) is 7.13. The van der Waals surface area contributed by atoms with Crippen LogP contribution in [-0.4, -0.2) is 62.5 Å². The van der Waals surface area contributed by atoms with E-state index in [2.05, 4.69) is 58.7 Å². The minimum atomic E-state index is -0.990. The average Bonchev–Trinajstić information content (AvgIpc) is 3.97. The number of imide groups is 2. The Hall–Kier alpha value is -5.91. The summed E-state index contributed by atoms with van der Waals surface area (Å²) in [6, 6.07) is 22.1. The van der Waals surface area contributed by atoms with E-state index in [1.165, 1.54) is 0 Å². The topological polar surface area (TPSA) is 157 Å². The highest BCUT2D eigenvalue weighted by Gasteiger charge is 2.45. The Labute approximate surface area is 306 Å². The van der Waals surface area contributed by atoms with Crippen molar-refractivity contribution in [1.29, 1.82) is 0 Å². The van der Waals surface area contributed by atoms with E-state index in [1.807, 2.05) is 24.3 Å². The first-order valence-corrected chi connectivity index (χ1v) is 18.0. The van der Waals surface area contributed by atoms with Crippen LogP contribution in [0, 0.1) is 5.92 Å². The Morgan fingerprint density at radius 2 is 1.55 bits per heavy atom. The normalized spacial score (nSPS) is 21.1. The summed E-state index contributed by atoms with van der Waals surface area (Å²) >= 11 is 0. The Balaban J connectivity index is 0.819. The number of nitrogens with zero attached hydrogens (tertiary/aromatic N) is 3. The molecule has 2 aliphatic carbocycles. The number of anilines is 1. The molecular formula is C41H39N5O7. The number of Topliss-reactive ketones (excluding diaryl/α,β-unsaturated/α-hetero) is 1. The van der Waals surface area contributed by atoms with Crippen molar-refractivity contribution in [2.75, 3.05) is 5.32 Å². The van der Waals surface area contributed by atoms with Crippen molar-refractivity contribution in [2.45, 2.75) is 82.6 Å². The van der Waals surface area contributed by atoms with Gasteiger partial charge < -0.3 is 14.8 Å². The minimum Gasteiger partial charge on any atom is -0.490 e. The van der Waals surface area contributed by atoms with E-state index in [4.69, 9.17) is 9.47 Å². The van der Waals surface area contributed by atoms with Crippen LogP contribution in [0.15, 0.2) is 79.0 Å². The van der Waals surface area contributed by atoms with Crippen LogP contribution in [0.25, 0.3) is 0 Å². The van der Waals surface area contributed by atoms with E-state index in [0.717, 1.165) is 47.5 Å². The molecule has 8 rings (SSSR count). The molecule has 2 saturated carbocycles. The Kier molecular flexibility index (Phi) is 8.76. The number of carbonyl (C=O) groups excluding carboxylic acids is 5. The number of nitrogens with one attached hydrogen (secondary N) is 2. The largest absolute Gasteiger partial charge is 0.490 e. The van der Waals surface area contributed by atoms with Crippen molar-refractivity contribution in [2.24, 2.45) is 5.92 Å². The van der Waals surface area contributed by atoms with Crippen LogP contribution in [-0.2, 0) is 21.6 Å². The predicted molar refractivity (Wildman–Crippen MR) is 193 cm³/mol. The number of piperidine rings is 1. The highest BCUT2D eigenvalue weighted by molar-refractivity contribution is 6.23. The van der Waals surface area contributed by atoms with Gasteiger partial charge in [-0.25, -0.2) is 9.97 Å². The number of rotatable bonds is 12. The van der Waals surface area contributed by atoms with E-state index in [-0.39, 0.29) is 65.7 Å². The molecule has 0 spiro atoms. The van der Waals surface area contributed by atoms with Crippen LogP contribution in [0.3, 0.4) is 0 Å². The van der Waals surface area contributed by atoms with Crippen molar-refractivity contribution in [3.8, 4) is 11.5 Å². The van der Waals surface area contributed by atoms with Crippen molar-refractivity contribution in [1.82, 2.24) is 20.2 Å². The lowest BCUT2D eigenvalue weighted by Crippen LogP contribution is -2.54. The maximum atomic E-state index is 13.2. The molecule has 3 aromatic carbocycles. The van der Waals surface area contributed by atoms with Crippen LogP contribution in [0.5, 0.6) is 11.5 Å². The summed E-state index contributed by atoms with van der Waals surface area (Å²) < 4.78 is 12.2. The van der Waals surface area contributed by atoms with Crippen molar-refractivity contribution < 1.29 is 33.4 Å². The molecule has 1 aromatic heterocycles. The molecule has 53 heavy (non-hydrogen) atoms. The molecule has 1 atom stereocenters. The molecule has 270 valence electrons. The van der Waals surface area contributed by atoms with E-state index in [0.29, 0.717) is 17.1 Å². The summed E-state index contributed by atoms with van der Waals surface area (Å²) in [7, 11) is 0. The van der Waals surface area contributed by atoms with E-state index >= 15 is 0 Å². The van der Waals surface area contributed by atoms with Crippen molar-refractivity contribution in [3.63, 3.8) is 0 Å². The number of hydrogen-bond donors (Lipinski definition) is 2. The van der Waals surface area contributed by atoms with Crippen molar-refractivity contribution in [3.05, 3.63) is 113 Å². The third-order valence-electron chi connectivity index (χ3n) is 10.6. The number of aromatic nitrogens is 2. The summed E-state index contributed by atoms with van der Waals surface area (Å²) in [5.74, 6) is -0.213. The van der Waals surface area contributed by atoms with Crippen LogP contribution >= 0.6 is 0 Å². The van der Waals surface area contributed by atoms with E-state index < -0.39 is 29.7 Å². The molecule has 1 saturated heterocycles. The van der Waals surface area contributed by atoms with Gasteiger partial charge in [0.05, 0.1) is 16.8 Å². The highest BCUT2D eigenvalue weighted by Crippen LogP contribution is 2.36. The lowest BCUT2D eigenvalue weighted by Gasteiger charge is -2.36. The summed E-state index contributed by atoms with van der Waals surface area (Å²) in [5, 5.41) is 5.65. The monoisotopic (exact) mass is 713 g/mol. The zero-order chi connectivity index (χ0) is 36.9. The molecule has 4 amide bonds. The van der Waals surface area contributed by atoms with Gasteiger partial charge >= 0.3 is 0 Å². The van der Waals surface area contributed by atoms with E-state index in [1.54, 1.807) is 30.5 Å². The Morgan fingerprint density at radius 3 is 2.23 bits per heavy atom. The quantitative estimate of drug-likeness (QED) is 0.144. The molecule has 0 radical (unpaired) electrons. The minimum absolute atomic E-state index is 0.0138. The first kappa shape index (κ1) is 34.2. The number of hydrogen-bond acceptors (Lipinski definition) is 10. The molecule has 3 fully saturated rings. The number of benzene rings is 3. The maximum Gasteiger partial charge on any atom is 0.262 e. The maximum absolute atomic E-state index is 13.2. The molecule has 2 N–H and O–H groups in total. The lowest BCUT2D eigenvalue weighted by atomic mass is 9.78. The molecule has 2 aliphatic heterocycles. The number of carbonyl (C=O) groups is 5. The van der Waals surface area contributed by atoms with Gasteiger partial charge in [-0.3, -0.25) is 34.2 Å². The van der Waals surface area contributed by atoms with Crippen molar-refractivity contribution >= 4 is 35.1 Å². The fraction of sp³-hybridized carbons (Fsp3) is 0.341. The molecule has 3 heterocycles. The van der Waals surface area contributed by atoms with Crippen LogP contribution < -0.4 is 20.1 Å². The zero-order valence-electron chi connectivity index (χ0n) is 29.5. The SMILES string of the molecule is CC(C)(c1ccc(OCc2ccnc(C(=O)C3CC3)n2)cc1)c1ccc(OC2CC(Nc3ccc4c(c3)C(=O)N(C3CCC(=O)NC3=O)C4=O)C2)cc1. The third kappa shape index (κ3) is 6.88. The van der Waals surface area contributed by atoms with Crippen LogP contribution in [0.2, 0.25) is 0 Å². The summed E-state index contributed by atoms with van der Waals surface area (Å²) in [5.41, 5.74) is 3.89. The number of amides is 4. The van der Waals surface area contributed by atoms with Gasteiger partial charge in [0.15, 0.2) is 5.82 Å². The van der Waals surface area contributed by atoms with Gasteiger partial charge in [0, 0.05) is 48.5 Å². The van der Waals surface area contributed by atoms with E-state index in [9.17, 15) is 24.0 Å². The second kappa shape index (κ2) is 13.6. The first-order chi connectivity index (χ1) is 25.5. The highest BCUT2D eigenvalue weighted by atomic mass is 16.5. The second-order valence-electron chi connectivity index (χ2n) is 14.7. The summed E-state index contributed by atoms with van der Waals surface area (Å²) in [6.07, 6.45) is 5.21. The zero-order valence-corrected chi connectivity index (χ0v) is 29.5. The van der Waals surface area contributed by atoms with Gasteiger partial charge in [-0.2, -0.15) is 0 Å². The predicted octanol–water partition coefficient (Wildman–Crippen LogP) is 5.40. The smallest absolute Gasteiger partial charge is 0.262 e. The van der Waals surface area contributed by atoms with Gasteiger partial charge in [-0.15, -0.1) is 0 Å². The number of ether oxygens (including phenoxy) is 2. The Bertz CT molecular complexity index is 2120. The molecule has 0 bridgehead atoms. The Morgan fingerprint density at radius 1 is 0.868 bits per heavy atom. The summed E-state index contributed by atoms with van der Waals surface area (Å²) in [6.45, 7) is 4.60. The standard InChI is InChI=1S/C41H39N5O7/c1-41(2,24-5-10-29(11-6-24)52-22-27-17-18-42-37(44-27)36(48)23-3-4-23)25-7-12-30(13-8-25)53-31-19-28(20-31)43-26-9-14-32-33(21-26)40(51)46(39(32)50)34-15-16-35(47)45-38(34)49/h5-14,17-18,21,23,28,31,34,43H,3-4,15-16,19-20,22H2,1-2H3,(H,45,47,49). The fourth-order valence-corrected chi connectivity index (χ4v) is 7.13. The first-order valence-electron chi connectivity index (χ1n) is 18.0. The molecule has 12 heteroatoms. The van der Waals surface area contributed by atoms with Gasteiger partial charge in [-0.1, -0.05) is 38.1 Å². The lowest BCUT2D eigenvalue weighted by molar-refractivity contribution is -0.136. The molecular weight excluding hydrogens is 674 g/mol. The van der Waals surface area contributed by atoms with Gasteiger partial charge in [0.2, 0.25) is 17.6 Å². The van der Waals surface area contributed by atoms with Gasteiger partial charge in [0.25, 0.3) is 11.8 Å². The molecule has 4 aliphatic rings. The molecule has 1 unspecified atom stereocenters. The van der Waals surface area contributed by atoms with Gasteiger partial charge in [-0.05, 0) is 78.9 Å². The summed E-state index contributed by atoms with van der Waals surface area (Å²) in [4.78, 5) is 71.9.